The van der Waals surface area contributed by atoms with Gasteiger partial charge in [0.05, 0.1) is 0 Å². The molecule has 0 N–H and O–H groups in total. The maximum absolute atomic E-state index is 12.5. The van der Waals surface area contributed by atoms with E-state index >= 15 is 0 Å². The van der Waals surface area contributed by atoms with Crippen molar-refractivity contribution < 1.29 is 14.3 Å². The van der Waals surface area contributed by atoms with Crippen molar-refractivity contribution >= 4 is 11.7 Å². The number of hydrogen-bond donors (Lipinski definition) is 0. The van der Waals surface area contributed by atoms with E-state index in [9.17, 15) is 4.79 Å². The van der Waals surface area contributed by atoms with E-state index in [4.69, 9.17) is 9.47 Å². The smallest absolute Gasteiger partial charge is 0.260 e. The highest BCUT2D eigenvalue weighted by atomic mass is 16.5. The van der Waals surface area contributed by atoms with Crippen molar-refractivity contribution in [1.29, 1.82) is 0 Å². The minimum Gasteiger partial charge on any atom is -0.486 e. The summed E-state index contributed by atoms with van der Waals surface area (Å²) in [6.07, 6.45) is 3.24. The van der Waals surface area contributed by atoms with Gasteiger partial charge in [0.15, 0.2) is 18.1 Å². The average molecular weight is 368 g/mol. The van der Waals surface area contributed by atoms with E-state index in [1.54, 1.807) is 18.5 Å². The van der Waals surface area contributed by atoms with Crippen LogP contribution in [-0.4, -0.2) is 60.2 Å². The highest BCUT2D eigenvalue weighted by Gasteiger charge is 2.22. The van der Waals surface area contributed by atoms with Crippen LogP contribution in [0.1, 0.15) is 5.69 Å². The second kappa shape index (κ2) is 9.02. The van der Waals surface area contributed by atoms with Crippen LogP contribution in [0.3, 0.4) is 0 Å². The van der Waals surface area contributed by atoms with Crippen LogP contribution in [0.15, 0.2) is 49.3 Å². The van der Waals surface area contributed by atoms with Gasteiger partial charge in [-0.2, -0.15) is 0 Å². The first-order valence-electron chi connectivity index (χ1n) is 8.94. The highest BCUT2D eigenvalue weighted by molar-refractivity contribution is 5.78. The summed E-state index contributed by atoms with van der Waals surface area (Å²) in [5.74, 6) is 2.03. The topological polar surface area (TPSA) is 67.8 Å². The lowest BCUT2D eigenvalue weighted by atomic mass is 10.3. The fraction of sp³-hybridized carbons (Fsp3) is 0.350. The number of para-hydroxylation sites is 2. The van der Waals surface area contributed by atoms with Crippen molar-refractivity contribution in [1.82, 2.24) is 14.9 Å². The summed E-state index contributed by atoms with van der Waals surface area (Å²) in [6.45, 7) is 8.71. The molecule has 7 heteroatoms. The molecule has 0 unspecified atom stereocenters. The molecule has 1 fully saturated rings. The molecule has 1 aromatic heterocycles. The van der Waals surface area contributed by atoms with Gasteiger partial charge in [-0.1, -0.05) is 24.8 Å². The van der Waals surface area contributed by atoms with Gasteiger partial charge in [-0.25, -0.2) is 9.97 Å². The van der Waals surface area contributed by atoms with Crippen molar-refractivity contribution in [2.75, 3.05) is 44.3 Å². The summed E-state index contributed by atoms with van der Waals surface area (Å²) in [4.78, 5) is 24.9. The summed E-state index contributed by atoms with van der Waals surface area (Å²) in [6, 6.07) is 9.28. The lowest BCUT2D eigenvalue weighted by Gasteiger charge is -2.35. The van der Waals surface area contributed by atoms with Crippen molar-refractivity contribution in [3.8, 4) is 11.5 Å². The van der Waals surface area contributed by atoms with Crippen LogP contribution in [-0.2, 0) is 4.79 Å². The third-order valence-corrected chi connectivity index (χ3v) is 4.30. The molecule has 2 aromatic rings. The Morgan fingerprint density at radius 2 is 1.85 bits per heavy atom. The Kier molecular flexibility index (Phi) is 6.25. The molecule has 3 rings (SSSR count). The van der Waals surface area contributed by atoms with Gasteiger partial charge < -0.3 is 19.3 Å². The molecule has 1 aromatic carbocycles. The summed E-state index contributed by atoms with van der Waals surface area (Å²) in [5, 5.41) is 0. The van der Waals surface area contributed by atoms with E-state index in [1.165, 1.54) is 0 Å². The number of piperazine rings is 1. The monoisotopic (exact) mass is 368 g/mol. The van der Waals surface area contributed by atoms with Crippen molar-refractivity contribution in [3.05, 3.63) is 55.0 Å². The molecule has 0 saturated carbocycles. The van der Waals surface area contributed by atoms with Crippen LogP contribution in [0.2, 0.25) is 0 Å². The minimum absolute atomic E-state index is 0.0128. The van der Waals surface area contributed by atoms with Crippen molar-refractivity contribution in [2.45, 2.75) is 6.92 Å². The number of ether oxygens (including phenoxy) is 2. The van der Waals surface area contributed by atoms with Gasteiger partial charge in [0.2, 0.25) is 0 Å². The van der Waals surface area contributed by atoms with E-state index in [0.717, 1.165) is 24.6 Å². The molecule has 0 atom stereocenters. The quantitative estimate of drug-likeness (QED) is 0.697. The SMILES string of the molecule is C=CCOc1ccccc1OCC(=O)N1CCN(c2cc(C)ncn2)CC1. The Labute approximate surface area is 159 Å². The molecule has 0 spiro atoms. The summed E-state index contributed by atoms with van der Waals surface area (Å²) in [7, 11) is 0. The predicted molar refractivity (Wildman–Crippen MR) is 103 cm³/mol. The predicted octanol–water partition coefficient (Wildman–Crippen LogP) is 2.08. The summed E-state index contributed by atoms with van der Waals surface area (Å²) in [5.41, 5.74) is 0.934. The number of aryl methyl sites for hydroxylation is 1. The Morgan fingerprint density at radius 3 is 2.52 bits per heavy atom. The highest BCUT2D eigenvalue weighted by Crippen LogP contribution is 2.26. The lowest BCUT2D eigenvalue weighted by molar-refractivity contribution is -0.133. The van der Waals surface area contributed by atoms with Gasteiger partial charge >= 0.3 is 0 Å². The Bertz CT molecular complexity index is 788. The van der Waals surface area contributed by atoms with Crippen LogP contribution < -0.4 is 14.4 Å². The lowest BCUT2D eigenvalue weighted by Crippen LogP contribution is -2.50. The standard InChI is InChI=1S/C20H24N4O3/c1-3-12-26-17-6-4-5-7-18(17)27-14-20(25)24-10-8-23(9-11-24)19-13-16(2)21-15-22-19/h3-7,13,15H,1,8-12,14H2,2H3. The Hall–Kier alpha value is -3.09. The zero-order valence-corrected chi connectivity index (χ0v) is 15.5. The number of carbonyl (C=O) groups excluding carboxylic acids is 1. The number of anilines is 1. The van der Waals surface area contributed by atoms with Crippen LogP contribution in [0.5, 0.6) is 11.5 Å². The van der Waals surface area contributed by atoms with Crippen LogP contribution in [0.4, 0.5) is 5.82 Å². The summed E-state index contributed by atoms with van der Waals surface area (Å²) < 4.78 is 11.2. The van der Waals surface area contributed by atoms with Crippen LogP contribution in [0, 0.1) is 6.92 Å². The van der Waals surface area contributed by atoms with Gasteiger partial charge in [0.25, 0.3) is 5.91 Å². The Morgan fingerprint density at radius 1 is 1.15 bits per heavy atom. The number of amides is 1. The van der Waals surface area contributed by atoms with Gasteiger partial charge in [-0.15, -0.1) is 0 Å². The normalized spacial score (nSPS) is 14.0. The molecule has 0 radical (unpaired) electrons. The third kappa shape index (κ3) is 4.97. The van der Waals surface area contributed by atoms with Gasteiger partial charge in [0.1, 0.15) is 18.8 Å². The minimum atomic E-state index is -0.0351. The zero-order chi connectivity index (χ0) is 19.1. The molecule has 27 heavy (non-hydrogen) atoms. The molecular weight excluding hydrogens is 344 g/mol. The molecule has 7 nitrogen and oxygen atoms in total. The Balaban J connectivity index is 1.51. The van der Waals surface area contributed by atoms with E-state index in [0.29, 0.717) is 31.2 Å². The fourth-order valence-corrected chi connectivity index (χ4v) is 2.87. The number of carbonyl (C=O) groups is 1. The maximum Gasteiger partial charge on any atom is 0.260 e. The number of hydrogen-bond acceptors (Lipinski definition) is 6. The number of rotatable bonds is 7. The second-order valence-electron chi connectivity index (χ2n) is 6.22. The van der Waals surface area contributed by atoms with Crippen molar-refractivity contribution in [3.63, 3.8) is 0 Å². The van der Waals surface area contributed by atoms with Gasteiger partial charge in [-0.05, 0) is 19.1 Å². The average Bonchev–Trinajstić information content (AvgIpc) is 2.71. The first kappa shape index (κ1) is 18.7. The molecule has 0 aliphatic carbocycles. The number of nitrogens with zero attached hydrogens (tertiary/aromatic N) is 4. The number of aromatic nitrogens is 2. The van der Waals surface area contributed by atoms with E-state index in [1.807, 2.05) is 36.1 Å². The maximum atomic E-state index is 12.5. The van der Waals surface area contributed by atoms with Gasteiger partial charge in [0, 0.05) is 37.9 Å². The molecule has 2 heterocycles. The van der Waals surface area contributed by atoms with Gasteiger partial charge in [-0.3, -0.25) is 4.79 Å². The van der Waals surface area contributed by atoms with E-state index in [-0.39, 0.29) is 12.5 Å². The molecule has 1 aliphatic rings. The zero-order valence-electron chi connectivity index (χ0n) is 15.5. The molecule has 1 amide bonds. The first-order valence-corrected chi connectivity index (χ1v) is 8.94. The largest absolute Gasteiger partial charge is 0.486 e. The van der Waals surface area contributed by atoms with Crippen LogP contribution >= 0.6 is 0 Å². The molecule has 142 valence electrons. The van der Waals surface area contributed by atoms with E-state index in [2.05, 4.69) is 21.4 Å². The molecular formula is C20H24N4O3. The van der Waals surface area contributed by atoms with E-state index < -0.39 is 0 Å². The molecule has 1 saturated heterocycles. The third-order valence-electron chi connectivity index (χ3n) is 4.30. The number of benzene rings is 1. The van der Waals surface area contributed by atoms with Crippen LogP contribution in [0.25, 0.3) is 0 Å². The molecule has 0 bridgehead atoms. The first-order chi connectivity index (χ1) is 13.2. The van der Waals surface area contributed by atoms with Crippen molar-refractivity contribution in [2.24, 2.45) is 0 Å². The second-order valence-corrected chi connectivity index (χ2v) is 6.22. The molecule has 1 aliphatic heterocycles. The summed E-state index contributed by atoms with van der Waals surface area (Å²) >= 11 is 0. The fourth-order valence-electron chi connectivity index (χ4n) is 2.87.